The number of hydrogen-bond donors (Lipinski definition) is 2. The fraction of sp³-hybridized carbons (Fsp3) is 0.263. The van der Waals surface area contributed by atoms with Gasteiger partial charge < -0.3 is 10.4 Å². The standard InChI is InChI=1S/C19H21NO3/c1-12-9-10-16(11-13(12)2)17(19(22)23)20-18(21)14(3)15-7-5-4-6-8-15/h4-11,14,17H,1-3H3,(H,20,21)(H,22,23)/t14-,17?/m1/s1. The van der Waals surface area contributed by atoms with Gasteiger partial charge in [0, 0.05) is 0 Å². The molecule has 0 fully saturated rings. The van der Waals surface area contributed by atoms with Crippen molar-refractivity contribution >= 4 is 11.9 Å². The third kappa shape index (κ3) is 3.97. The Balaban J connectivity index is 2.21. The summed E-state index contributed by atoms with van der Waals surface area (Å²) >= 11 is 0. The molecule has 2 aromatic carbocycles. The van der Waals surface area contributed by atoms with Gasteiger partial charge in [0.1, 0.15) is 0 Å². The molecular weight excluding hydrogens is 290 g/mol. The molecule has 120 valence electrons. The molecule has 0 radical (unpaired) electrons. The zero-order valence-corrected chi connectivity index (χ0v) is 13.5. The quantitative estimate of drug-likeness (QED) is 0.890. The Hall–Kier alpha value is -2.62. The van der Waals surface area contributed by atoms with Crippen molar-refractivity contribution in [3.8, 4) is 0 Å². The summed E-state index contributed by atoms with van der Waals surface area (Å²) in [6.07, 6.45) is 0. The highest BCUT2D eigenvalue weighted by atomic mass is 16.4. The van der Waals surface area contributed by atoms with Crippen LogP contribution in [-0.2, 0) is 9.59 Å². The smallest absolute Gasteiger partial charge is 0.330 e. The molecule has 0 bridgehead atoms. The van der Waals surface area contributed by atoms with Gasteiger partial charge in [0.2, 0.25) is 5.91 Å². The molecule has 0 saturated heterocycles. The van der Waals surface area contributed by atoms with Crippen LogP contribution in [-0.4, -0.2) is 17.0 Å². The lowest BCUT2D eigenvalue weighted by Crippen LogP contribution is -2.36. The first-order valence-corrected chi connectivity index (χ1v) is 7.55. The number of hydrogen-bond acceptors (Lipinski definition) is 2. The lowest BCUT2D eigenvalue weighted by atomic mass is 9.98. The summed E-state index contributed by atoms with van der Waals surface area (Å²) in [6.45, 7) is 5.65. The number of carboxylic acids is 1. The number of aryl methyl sites for hydroxylation is 2. The Labute approximate surface area is 136 Å². The summed E-state index contributed by atoms with van der Waals surface area (Å²) in [5, 5.41) is 12.1. The van der Waals surface area contributed by atoms with Crippen LogP contribution in [0.4, 0.5) is 0 Å². The molecular formula is C19H21NO3. The van der Waals surface area contributed by atoms with E-state index in [1.807, 2.05) is 56.3 Å². The lowest BCUT2D eigenvalue weighted by Gasteiger charge is -2.19. The van der Waals surface area contributed by atoms with E-state index < -0.39 is 17.9 Å². The highest BCUT2D eigenvalue weighted by Gasteiger charge is 2.25. The van der Waals surface area contributed by atoms with E-state index in [1.165, 1.54) is 0 Å². The molecule has 2 N–H and O–H groups in total. The van der Waals surface area contributed by atoms with Gasteiger partial charge in [-0.05, 0) is 43.0 Å². The number of nitrogens with one attached hydrogen (secondary N) is 1. The maximum absolute atomic E-state index is 12.4. The van der Waals surface area contributed by atoms with Gasteiger partial charge in [-0.2, -0.15) is 0 Å². The minimum atomic E-state index is -1.07. The van der Waals surface area contributed by atoms with Gasteiger partial charge in [0.05, 0.1) is 5.92 Å². The summed E-state index contributed by atoms with van der Waals surface area (Å²) in [7, 11) is 0. The van der Waals surface area contributed by atoms with Crippen LogP contribution in [0.15, 0.2) is 48.5 Å². The van der Waals surface area contributed by atoms with Crippen molar-refractivity contribution in [2.45, 2.75) is 32.7 Å². The van der Waals surface area contributed by atoms with Crippen LogP contribution in [0.25, 0.3) is 0 Å². The first-order chi connectivity index (χ1) is 10.9. The van der Waals surface area contributed by atoms with Crippen molar-refractivity contribution in [2.75, 3.05) is 0 Å². The molecule has 4 nitrogen and oxygen atoms in total. The molecule has 0 aliphatic rings. The molecule has 0 aliphatic carbocycles. The van der Waals surface area contributed by atoms with E-state index in [9.17, 15) is 14.7 Å². The third-order valence-electron chi connectivity index (χ3n) is 4.09. The van der Waals surface area contributed by atoms with Crippen molar-refractivity contribution in [1.29, 1.82) is 0 Å². The maximum atomic E-state index is 12.4. The fourth-order valence-electron chi connectivity index (χ4n) is 2.39. The Morgan fingerprint density at radius 2 is 1.61 bits per heavy atom. The van der Waals surface area contributed by atoms with Gasteiger partial charge in [0.25, 0.3) is 0 Å². The second kappa shape index (κ2) is 7.09. The highest BCUT2D eigenvalue weighted by Crippen LogP contribution is 2.20. The van der Waals surface area contributed by atoms with Crippen LogP contribution < -0.4 is 5.32 Å². The SMILES string of the molecule is Cc1ccc(C(NC(=O)[C@H](C)c2ccccc2)C(=O)O)cc1C. The number of rotatable bonds is 5. The molecule has 0 saturated carbocycles. The van der Waals surface area contributed by atoms with Crippen molar-refractivity contribution in [1.82, 2.24) is 5.32 Å². The number of benzene rings is 2. The molecule has 4 heteroatoms. The minimum Gasteiger partial charge on any atom is -0.479 e. The van der Waals surface area contributed by atoms with Crippen molar-refractivity contribution in [3.05, 3.63) is 70.8 Å². The van der Waals surface area contributed by atoms with E-state index >= 15 is 0 Å². The van der Waals surface area contributed by atoms with E-state index in [1.54, 1.807) is 13.0 Å². The molecule has 0 aliphatic heterocycles. The van der Waals surface area contributed by atoms with Gasteiger partial charge in [-0.15, -0.1) is 0 Å². The average Bonchev–Trinajstić information content (AvgIpc) is 2.55. The lowest BCUT2D eigenvalue weighted by molar-refractivity contribution is -0.142. The van der Waals surface area contributed by atoms with Gasteiger partial charge in [-0.1, -0.05) is 48.5 Å². The van der Waals surface area contributed by atoms with Gasteiger partial charge in [-0.25, -0.2) is 4.79 Å². The number of amides is 1. The Kier molecular flexibility index (Phi) is 5.16. The van der Waals surface area contributed by atoms with Crippen molar-refractivity contribution < 1.29 is 14.7 Å². The van der Waals surface area contributed by atoms with Crippen molar-refractivity contribution in [2.24, 2.45) is 0 Å². The van der Waals surface area contributed by atoms with Crippen molar-refractivity contribution in [3.63, 3.8) is 0 Å². The highest BCUT2D eigenvalue weighted by molar-refractivity contribution is 5.88. The summed E-state index contributed by atoms with van der Waals surface area (Å²) in [5.74, 6) is -1.78. The maximum Gasteiger partial charge on any atom is 0.330 e. The van der Waals surface area contributed by atoms with Crippen LogP contribution in [0.5, 0.6) is 0 Å². The molecule has 0 spiro atoms. The Morgan fingerprint density at radius 3 is 2.17 bits per heavy atom. The third-order valence-corrected chi connectivity index (χ3v) is 4.09. The Bertz CT molecular complexity index is 710. The molecule has 23 heavy (non-hydrogen) atoms. The summed E-state index contributed by atoms with van der Waals surface area (Å²) in [5.41, 5.74) is 3.52. The summed E-state index contributed by atoms with van der Waals surface area (Å²) in [4.78, 5) is 24.0. The topological polar surface area (TPSA) is 66.4 Å². The molecule has 0 aromatic heterocycles. The molecule has 1 unspecified atom stereocenters. The number of aliphatic carboxylic acids is 1. The van der Waals surface area contributed by atoms with E-state index in [-0.39, 0.29) is 5.91 Å². The van der Waals surface area contributed by atoms with Crippen LogP contribution in [0.2, 0.25) is 0 Å². The van der Waals surface area contributed by atoms with Crippen LogP contribution in [0, 0.1) is 13.8 Å². The number of carbonyl (C=O) groups is 2. The number of carbonyl (C=O) groups excluding carboxylic acids is 1. The molecule has 2 atom stereocenters. The second-order valence-electron chi connectivity index (χ2n) is 5.76. The second-order valence-corrected chi connectivity index (χ2v) is 5.76. The van der Waals surface area contributed by atoms with Gasteiger partial charge in [-0.3, -0.25) is 4.79 Å². The van der Waals surface area contributed by atoms with Crippen LogP contribution in [0.1, 0.15) is 41.1 Å². The summed E-state index contributed by atoms with van der Waals surface area (Å²) in [6, 6.07) is 13.7. The largest absolute Gasteiger partial charge is 0.479 e. The molecule has 1 amide bonds. The van der Waals surface area contributed by atoms with Crippen LogP contribution in [0.3, 0.4) is 0 Å². The van der Waals surface area contributed by atoms with E-state index in [0.717, 1.165) is 16.7 Å². The molecule has 2 aromatic rings. The monoisotopic (exact) mass is 311 g/mol. The first kappa shape index (κ1) is 16.7. The van der Waals surface area contributed by atoms with E-state index in [4.69, 9.17) is 0 Å². The Morgan fingerprint density at radius 1 is 0.957 bits per heavy atom. The minimum absolute atomic E-state index is 0.304. The van der Waals surface area contributed by atoms with E-state index in [0.29, 0.717) is 5.56 Å². The van der Waals surface area contributed by atoms with Crippen LogP contribution >= 0.6 is 0 Å². The zero-order valence-electron chi connectivity index (χ0n) is 13.5. The van der Waals surface area contributed by atoms with Gasteiger partial charge >= 0.3 is 5.97 Å². The average molecular weight is 311 g/mol. The molecule has 0 heterocycles. The molecule has 2 rings (SSSR count). The summed E-state index contributed by atoms with van der Waals surface area (Å²) < 4.78 is 0. The van der Waals surface area contributed by atoms with Gasteiger partial charge in [0.15, 0.2) is 6.04 Å². The first-order valence-electron chi connectivity index (χ1n) is 7.55. The normalized spacial score (nSPS) is 13.2. The van der Waals surface area contributed by atoms with E-state index in [2.05, 4.69) is 5.32 Å². The predicted molar refractivity (Wildman–Crippen MR) is 89.3 cm³/mol. The number of carboxylic acid groups (broad SMARTS) is 1. The zero-order chi connectivity index (χ0) is 17.0. The predicted octanol–water partition coefficient (Wildman–Crippen LogP) is 3.35. The fourth-order valence-corrected chi connectivity index (χ4v) is 2.39.